The molecule has 2 heteroatoms. The Morgan fingerprint density at radius 2 is 1.54 bits per heavy atom. The summed E-state index contributed by atoms with van der Waals surface area (Å²) in [5, 5.41) is 0. The molecule has 2 rings (SSSR count). The maximum atomic E-state index is 12.9. The number of carbonyl (C=O) groups is 1. The van der Waals surface area contributed by atoms with E-state index in [2.05, 4.69) is 13.0 Å². The van der Waals surface area contributed by atoms with Crippen LogP contribution in [0.4, 0.5) is 0 Å². The highest BCUT2D eigenvalue weighted by molar-refractivity contribution is 6.10. The van der Waals surface area contributed by atoms with Crippen molar-refractivity contribution in [2.24, 2.45) is 0 Å². The summed E-state index contributed by atoms with van der Waals surface area (Å²) in [4.78, 5) is 12.9. The van der Waals surface area contributed by atoms with Gasteiger partial charge in [-0.3, -0.25) is 4.79 Å². The Morgan fingerprint density at radius 3 is 2.19 bits per heavy atom. The van der Waals surface area contributed by atoms with Crippen molar-refractivity contribution in [3.63, 3.8) is 0 Å². The monoisotopic (exact) mass is 352 g/mol. The summed E-state index contributed by atoms with van der Waals surface area (Å²) >= 11 is 0. The fraction of sp³-hybridized carbons (Fsp3) is 0.458. The van der Waals surface area contributed by atoms with Crippen LogP contribution in [0, 0.1) is 6.92 Å². The normalized spacial score (nSPS) is 10.7. The number of carbonyl (C=O) groups excluding carboxylic acids is 1. The van der Waals surface area contributed by atoms with Gasteiger partial charge >= 0.3 is 0 Å². The third kappa shape index (κ3) is 6.01. The average molecular weight is 353 g/mol. The summed E-state index contributed by atoms with van der Waals surface area (Å²) < 4.78 is 5.43. The zero-order chi connectivity index (χ0) is 18.8. The fourth-order valence-electron chi connectivity index (χ4n) is 3.23. The van der Waals surface area contributed by atoms with E-state index in [4.69, 9.17) is 4.74 Å². The van der Waals surface area contributed by atoms with E-state index >= 15 is 0 Å². The van der Waals surface area contributed by atoms with Gasteiger partial charge in [-0.15, -0.1) is 0 Å². The first-order valence-corrected chi connectivity index (χ1v) is 9.94. The number of hydrogen-bond acceptors (Lipinski definition) is 2. The van der Waals surface area contributed by atoms with E-state index < -0.39 is 0 Å². The quantitative estimate of drug-likeness (QED) is 0.339. The molecular weight excluding hydrogens is 320 g/mol. The molecule has 0 heterocycles. The van der Waals surface area contributed by atoms with E-state index in [1.165, 1.54) is 50.5 Å². The fourth-order valence-corrected chi connectivity index (χ4v) is 3.23. The molecule has 0 unspecified atom stereocenters. The number of ether oxygens (including phenoxy) is 1. The minimum Gasteiger partial charge on any atom is -0.496 e. The molecule has 0 amide bonds. The van der Waals surface area contributed by atoms with Crippen molar-refractivity contribution in [3.05, 3.63) is 64.7 Å². The summed E-state index contributed by atoms with van der Waals surface area (Å²) in [5.74, 6) is 0.683. The van der Waals surface area contributed by atoms with Gasteiger partial charge in [-0.2, -0.15) is 0 Å². The predicted octanol–water partition coefficient (Wildman–Crippen LogP) is 6.53. The van der Waals surface area contributed by atoms with Crippen molar-refractivity contribution in [1.82, 2.24) is 0 Å². The molecule has 0 aliphatic carbocycles. The second kappa shape index (κ2) is 10.8. The molecule has 0 N–H and O–H groups in total. The Kier molecular flexibility index (Phi) is 8.40. The predicted molar refractivity (Wildman–Crippen MR) is 109 cm³/mol. The molecule has 0 aromatic heterocycles. The minimum absolute atomic E-state index is 0.0308. The lowest BCUT2D eigenvalue weighted by Gasteiger charge is -2.11. The van der Waals surface area contributed by atoms with Gasteiger partial charge in [-0.25, -0.2) is 0 Å². The molecule has 2 aromatic carbocycles. The molecule has 140 valence electrons. The zero-order valence-corrected chi connectivity index (χ0v) is 16.5. The van der Waals surface area contributed by atoms with Crippen LogP contribution in [-0.4, -0.2) is 12.9 Å². The highest BCUT2D eigenvalue weighted by atomic mass is 16.5. The molecule has 2 nitrogen and oxygen atoms in total. The van der Waals surface area contributed by atoms with Gasteiger partial charge in [0, 0.05) is 5.56 Å². The molecule has 0 atom stereocenters. The van der Waals surface area contributed by atoms with Gasteiger partial charge in [0.1, 0.15) is 5.75 Å². The largest absolute Gasteiger partial charge is 0.496 e. The summed E-state index contributed by atoms with van der Waals surface area (Å²) in [6.07, 6.45) is 10.1. The van der Waals surface area contributed by atoms with Crippen LogP contribution in [0.15, 0.2) is 42.5 Å². The molecule has 0 fully saturated rings. The van der Waals surface area contributed by atoms with Crippen molar-refractivity contribution in [3.8, 4) is 5.75 Å². The van der Waals surface area contributed by atoms with E-state index in [0.29, 0.717) is 16.9 Å². The van der Waals surface area contributed by atoms with Gasteiger partial charge in [-0.05, 0) is 37.5 Å². The first-order valence-electron chi connectivity index (χ1n) is 9.94. The number of rotatable bonds is 11. The van der Waals surface area contributed by atoms with E-state index in [0.717, 1.165) is 12.0 Å². The van der Waals surface area contributed by atoms with E-state index in [-0.39, 0.29) is 5.78 Å². The highest BCUT2D eigenvalue weighted by Crippen LogP contribution is 2.24. The Hall–Kier alpha value is -2.09. The third-order valence-corrected chi connectivity index (χ3v) is 4.89. The van der Waals surface area contributed by atoms with Crippen LogP contribution in [0.1, 0.15) is 78.9 Å². The Bertz CT molecular complexity index is 686. The van der Waals surface area contributed by atoms with Crippen LogP contribution in [0.5, 0.6) is 5.75 Å². The van der Waals surface area contributed by atoms with Crippen molar-refractivity contribution in [1.29, 1.82) is 0 Å². The lowest BCUT2D eigenvalue weighted by molar-refractivity contribution is 0.103. The molecule has 0 spiro atoms. The first kappa shape index (κ1) is 20.2. The van der Waals surface area contributed by atoms with Gasteiger partial charge < -0.3 is 4.74 Å². The molecule has 0 bridgehead atoms. The summed E-state index contributed by atoms with van der Waals surface area (Å²) in [6, 6.07) is 13.8. The summed E-state index contributed by atoms with van der Waals surface area (Å²) in [7, 11) is 1.62. The van der Waals surface area contributed by atoms with Gasteiger partial charge in [-0.1, -0.05) is 81.3 Å². The van der Waals surface area contributed by atoms with E-state index in [1.807, 2.05) is 43.3 Å². The number of methoxy groups -OCH3 is 1. The maximum absolute atomic E-state index is 12.9. The van der Waals surface area contributed by atoms with Crippen LogP contribution < -0.4 is 4.74 Å². The summed E-state index contributed by atoms with van der Waals surface area (Å²) in [5.41, 5.74) is 3.75. The van der Waals surface area contributed by atoms with Gasteiger partial charge in [0.05, 0.1) is 12.7 Å². The molecule has 26 heavy (non-hydrogen) atoms. The number of benzene rings is 2. The van der Waals surface area contributed by atoms with E-state index in [9.17, 15) is 4.79 Å². The number of unbranched alkanes of at least 4 members (excludes halogenated alkanes) is 6. The lowest BCUT2D eigenvalue weighted by Crippen LogP contribution is -2.05. The van der Waals surface area contributed by atoms with Crippen LogP contribution in [0.3, 0.4) is 0 Å². The van der Waals surface area contributed by atoms with E-state index in [1.54, 1.807) is 7.11 Å². The molecule has 0 saturated heterocycles. The number of hydrogen-bond donors (Lipinski definition) is 0. The number of aryl methyl sites for hydroxylation is 2. The van der Waals surface area contributed by atoms with Crippen molar-refractivity contribution < 1.29 is 9.53 Å². The van der Waals surface area contributed by atoms with Gasteiger partial charge in [0.2, 0.25) is 0 Å². The van der Waals surface area contributed by atoms with Crippen molar-refractivity contribution >= 4 is 5.78 Å². The second-order valence-corrected chi connectivity index (χ2v) is 7.10. The first-order chi connectivity index (χ1) is 12.7. The summed E-state index contributed by atoms with van der Waals surface area (Å²) in [6.45, 7) is 4.27. The smallest absolute Gasteiger partial charge is 0.196 e. The van der Waals surface area contributed by atoms with Crippen LogP contribution in [0.2, 0.25) is 0 Å². The van der Waals surface area contributed by atoms with Crippen molar-refractivity contribution in [2.75, 3.05) is 7.11 Å². The minimum atomic E-state index is 0.0308. The molecule has 0 aliphatic rings. The molecule has 0 aliphatic heterocycles. The average Bonchev–Trinajstić information content (AvgIpc) is 2.67. The van der Waals surface area contributed by atoms with Crippen LogP contribution in [0.25, 0.3) is 0 Å². The van der Waals surface area contributed by atoms with Gasteiger partial charge in [0.15, 0.2) is 5.78 Å². The lowest BCUT2D eigenvalue weighted by atomic mass is 9.97. The van der Waals surface area contributed by atoms with Gasteiger partial charge in [0.25, 0.3) is 0 Å². The third-order valence-electron chi connectivity index (χ3n) is 4.89. The Balaban J connectivity index is 1.99. The van der Waals surface area contributed by atoms with Crippen LogP contribution in [-0.2, 0) is 6.42 Å². The Labute approximate surface area is 158 Å². The topological polar surface area (TPSA) is 26.3 Å². The zero-order valence-electron chi connectivity index (χ0n) is 16.5. The maximum Gasteiger partial charge on any atom is 0.196 e. The molecular formula is C24H32O2. The molecule has 0 saturated carbocycles. The molecule has 2 aromatic rings. The number of ketones is 1. The highest BCUT2D eigenvalue weighted by Gasteiger charge is 2.15. The van der Waals surface area contributed by atoms with Crippen LogP contribution >= 0.6 is 0 Å². The Morgan fingerprint density at radius 1 is 0.885 bits per heavy atom. The molecule has 0 radical (unpaired) electrons. The standard InChI is InChI=1S/C24H32O2/c1-4-5-6-7-8-9-10-11-20-14-17-23(26-3)22(18-20)24(25)21-15-12-19(2)13-16-21/h12-18H,4-11H2,1-3H3. The second-order valence-electron chi connectivity index (χ2n) is 7.10. The SMILES string of the molecule is CCCCCCCCCc1ccc(OC)c(C(=O)c2ccc(C)cc2)c1. The van der Waals surface area contributed by atoms with Crippen molar-refractivity contribution in [2.45, 2.75) is 65.2 Å².